The van der Waals surface area contributed by atoms with Crippen molar-refractivity contribution in [2.24, 2.45) is 34.5 Å². The lowest BCUT2D eigenvalue weighted by Crippen LogP contribution is -2.81. The first kappa shape index (κ1) is 31.4. The topological polar surface area (TPSA) is 153 Å². The fourth-order valence-corrected chi connectivity index (χ4v) is 12.2. The summed E-state index contributed by atoms with van der Waals surface area (Å²) in [5, 5.41) is 37.0. The zero-order valence-corrected chi connectivity index (χ0v) is 26.6. The number of aliphatic hydroxyl groups is 3. The van der Waals surface area contributed by atoms with Gasteiger partial charge in [0.1, 0.15) is 23.9 Å². The summed E-state index contributed by atoms with van der Waals surface area (Å²) >= 11 is 0. The second kappa shape index (κ2) is 10.4. The van der Waals surface area contributed by atoms with Gasteiger partial charge in [-0.15, -0.1) is 0 Å². The van der Waals surface area contributed by atoms with Gasteiger partial charge in [-0.05, 0) is 31.5 Å². The molecule has 12 nitrogen and oxygen atoms in total. The summed E-state index contributed by atoms with van der Waals surface area (Å²) < 4.78 is 37.2. The Hall–Kier alpha value is -2.16. The van der Waals surface area contributed by atoms with Crippen LogP contribution in [-0.2, 0) is 33.2 Å². The number of rotatable bonds is 8. The molecule has 6 aliphatic rings. The predicted octanol–water partition coefficient (Wildman–Crippen LogP) is 0.258. The normalized spacial score (nSPS) is 50.7. The molecule has 7 rings (SSSR count). The minimum atomic E-state index is -1.83. The van der Waals surface area contributed by atoms with E-state index in [4.69, 9.17) is 28.4 Å². The fourth-order valence-electron chi connectivity index (χ4n) is 12.2. The Morgan fingerprint density at radius 2 is 1.71 bits per heavy atom. The van der Waals surface area contributed by atoms with E-state index in [-0.39, 0.29) is 25.0 Å². The summed E-state index contributed by atoms with van der Waals surface area (Å²) in [4.78, 5) is 29.1. The van der Waals surface area contributed by atoms with E-state index in [0.717, 1.165) is 0 Å². The molecule has 1 aromatic rings. The van der Waals surface area contributed by atoms with E-state index in [1.54, 1.807) is 51.7 Å². The van der Waals surface area contributed by atoms with Crippen molar-refractivity contribution in [1.82, 2.24) is 4.90 Å². The van der Waals surface area contributed by atoms with Crippen LogP contribution in [0.2, 0.25) is 0 Å². The Bertz CT molecular complexity index is 1350. The molecule has 0 radical (unpaired) electrons. The summed E-state index contributed by atoms with van der Waals surface area (Å²) in [6.07, 6.45) is -5.50. The van der Waals surface area contributed by atoms with Crippen molar-refractivity contribution in [1.29, 1.82) is 0 Å². The van der Waals surface area contributed by atoms with Crippen molar-refractivity contribution < 1.29 is 53.3 Å². The van der Waals surface area contributed by atoms with E-state index in [9.17, 15) is 24.9 Å². The zero-order chi connectivity index (χ0) is 32.3. The molecule has 1 aliphatic heterocycles. The number of methoxy groups -OCH3 is 4. The van der Waals surface area contributed by atoms with E-state index in [0.29, 0.717) is 18.5 Å². The highest BCUT2D eigenvalue weighted by atomic mass is 16.6. The van der Waals surface area contributed by atoms with Crippen molar-refractivity contribution >= 4 is 11.9 Å². The standard InChI is InChI=1S/C33H45NO11/c1-16(35)45-33-21-18(13-31(39,28(43-6)26(33)37)27(21)44-29(38)17-10-8-7-9-11-17)32-20(41-4)12-19(36)30(15-40-3)14-34(2)25(32)22(33)23(42-5)24(30)32/h7-11,18-28,36-37,39H,12-15H2,1-6H3/t18-,19-,20+,21-,22+,23+,24-,25?,26+,27-,28+,30+,31+,32+,33-/m1/s1. The first-order valence-electron chi connectivity index (χ1n) is 15.8. The van der Waals surface area contributed by atoms with Crippen LogP contribution in [0.15, 0.2) is 30.3 Å². The number of aliphatic hydroxyl groups excluding tert-OH is 2. The minimum absolute atomic E-state index is 0.0754. The fraction of sp³-hybridized carbons (Fsp3) is 0.758. The Labute approximate surface area is 262 Å². The molecule has 1 spiro atoms. The molecule has 1 aromatic carbocycles. The van der Waals surface area contributed by atoms with Crippen molar-refractivity contribution in [3.8, 4) is 0 Å². The van der Waals surface area contributed by atoms with Gasteiger partial charge < -0.3 is 48.6 Å². The predicted molar refractivity (Wildman–Crippen MR) is 156 cm³/mol. The monoisotopic (exact) mass is 631 g/mol. The van der Waals surface area contributed by atoms with Gasteiger partial charge >= 0.3 is 11.9 Å². The Balaban J connectivity index is 1.52. The number of carbonyl (C=O) groups is 2. The van der Waals surface area contributed by atoms with Crippen molar-refractivity contribution in [2.45, 2.75) is 73.6 Å². The van der Waals surface area contributed by atoms with Crippen molar-refractivity contribution in [3.05, 3.63) is 35.9 Å². The summed E-state index contributed by atoms with van der Waals surface area (Å²) in [6.45, 7) is 2.00. The Morgan fingerprint density at radius 1 is 1.00 bits per heavy atom. The second-order valence-electron chi connectivity index (χ2n) is 14.3. The number of piperidine rings is 1. The van der Waals surface area contributed by atoms with Crippen LogP contribution in [0.4, 0.5) is 0 Å². The molecule has 1 saturated heterocycles. The molecular formula is C33H45NO11. The maximum absolute atomic E-state index is 13.7. The maximum atomic E-state index is 13.7. The van der Waals surface area contributed by atoms with Gasteiger partial charge in [0.15, 0.2) is 5.60 Å². The van der Waals surface area contributed by atoms with Crippen LogP contribution >= 0.6 is 0 Å². The number of hydrogen-bond donors (Lipinski definition) is 3. The SMILES string of the molecule is COC[C@]12CN(C)C3[C@@H]4[C@H](OC)[C@H]1[C@@]3([C@@H](OC)C[C@H]2O)[C@@H]1C[C@]2(O)[C@H](OC(=O)c3ccccc3)[C@@H]1[C@]4(OC(C)=O)[C@@H](O)[C@@H]2OC. The third-order valence-electron chi connectivity index (χ3n) is 12.9. The quantitative estimate of drug-likeness (QED) is 0.337. The van der Waals surface area contributed by atoms with Gasteiger partial charge in [-0.3, -0.25) is 4.79 Å². The first-order valence-corrected chi connectivity index (χ1v) is 15.8. The first-order chi connectivity index (χ1) is 21.4. The highest BCUT2D eigenvalue weighted by Crippen LogP contribution is 2.80. The number of esters is 2. The number of hydrogen-bond acceptors (Lipinski definition) is 12. The lowest BCUT2D eigenvalue weighted by Gasteiger charge is -2.70. The molecule has 7 bridgehead atoms. The Morgan fingerprint density at radius 3 is 2.31 bits per heavy atom. The van der Waals surface area contributed by atoms with Crippen molar-refractivity contribution in [3.63, 3.8) is 0 Å². The van der Waals surface area contributed by atoms with Gasteiger partial charge in [0.05, 0.1) is 30.5 Å². The molecule has 12 heteroatoms. The van der Waals surface area contributed by atoms with Crippen LogP contribution in [0.3, 0.4) is 0 Å². The third-order valence-corrected chi connectivity index (χ3v) is 12.9. The molecule has 248 valence electrons. The minimum Gasteiger partial charge on any atom is -0.455 e. The van der Waals surface area contributed by atoms with Gasteiger partial charge in [-0.1, -0.05) is 18.2 Å². The zero-order valence-electron chi connectivity index (χ0n) is 26.6. The van der Waals surface area contributed by atoms with E-state index in [2.05, 4.69) is 4.90 Å². The summed E-state index contributed by atoms with van der Waals surface area (Å²) in [6, 6.07) is 8.15. The van der Waals surface area contributed by atoms with Gasteiger partial charge in [0.2, 0.25) is 0 Å². The molecule has 6 fully saturated rings. The molecule has 0 amide bonds. The van der Waals surface area contributed by atoms with E-state index in [1.165, 1.54) is 14.0 Å². The average molecular weight is 632 g/mol. The lowest BCUT2D eigenvalue weighted by atomic mass is 9.42. The highest BCUT2D eigenvalue weighted by Gasteiger charge is 2.92. The molecular weight excluding hydrogens is 586 g/mol. The van der Waals surface area contributed by atoms with Crippen LogP contribution in [-0.4, -0.2) is 135 Å². The summed E-state index contributed by atoms with van der Waals surface area (Å²) in [5.41, 5.74) is -4.79. The molecule has 3 N–H and O–H groups in total. The molecule has 1 heterocycles. The number of likely N-dealkylation sites (tertiary alicyclic amines) is 1. The van der Waals surface area contributed by atoms with E-state index in [1.807, 2.05) is 7.05 Å². The van der Waals surface area contributed by atoms with Crippen LogP contribution < -0.4 is 0 Å². The molecule has 5 aliphatic carbocycles. The van der Waals surface area contributed by atoms with Gasteiger partial charge in [0.25, 0.3) is 0 Å². The van der Waals surface area contributed by atoms with Crippen LogP contribution in [0.5, 0.6) is 0 Å². The molecule has 5 saturated carbocycles. The number of ether oxygens (including phenoxy) is 6. The van der Waals surface area contributed by atoms with Crippen molar-refractivity contribution in [2.75, 3.05) is 48.6 Å². The largest absolute Gasteiger partial charge is 0.455 e. The molecule has 1 unspecified atom stereocenters. The number of benzene rings is 1. The van der Waals surface area contributed by atoms with Crippen LogP contribution in [0.1, 0.15) is 30.1 Å². The second-order valence-corrected chi connectivity index (χ2v) is 14.3. The summed E-state index contributed by atoms with van der Waals surface area (Å²) in [5.74, 6) is -3.66. The van der Waals surface area contributed by atoms with Gasteiger partial charge in [0, 0.05) is 83.0 Å². The van der Waals surface area contributed by atoms with E-state index >= 15 is 0 Å². The molecule has 0 aromatic heterocycles. The Kier molecular flexibility index (Phi) is 7.28. The third kappa shape index (κ3) is 3.55. The van der Waals surface area contributed by atoms with Crippen LogP contribution in [0.25, 0.3) is 0 Å². The highest BCUT2D eigenvalue weighted by molar-refractivity contribution is 5.89. The number of nitrogens with zero attached hydrogens (tertiary/aromatic N) is 1. The van der Waals surface area contributed by atoms with E-state index < -0.39 is 88.3 Å². The molecule has 45 heavy (non-hydrogen) atoms. The lowest BCUT2D eigenvalue weighted by molar-refractivity contribution is -0.321. The van der Waals surface area contributed by atoms with Gasteiger partial charge in [-0.25, -0.2) is 4.79 Å². The number of carbonyl (C=O) groups excluding carboxylic acids is 2. The van der Waals surface area contributed by atoms with Gasteiger partial charge in [-0.2, -0.15) is 0 Å². The summed E-state index contributed by atoms with van der Waals surface area (Å²) in [7, 11) is 8.20. The average Bonchev–Trinajstić information content (AvgIpc) is 3.40. The molecule has 15 atom stereocenters. The van der Waals surface area contributed by atoms with Crippen LogP contribution in [0, 0.1) is 34.5 Å². The maximum Gasteiger partial charge on any atom is 0.338 e. The smallest absolute Gasteiger partial charge is 0.338 e. The number of fused-ring (bicyclic) bond motifs is 2.